The maximum absolute atomic E-state index is 12.8. The van der Waals surface area contributed by atoms with Crippen molar-refractivity contribution < 1.29 is 14.3 Å². The van der Waals surface area contributed by atoms with E-state index in [1.165, 1.54) is 24.1 Å². The van der Waals surface area contributed by atoms with Gasteiger partial charge in [0, 0.05) is 25.3 Å². The fourth-order valence-corrected chi connectivity index (χ4v) is 4.75. The molecule has 1 aliphatic heterocycles. The molecule has 0 unspecified atom stereocenters. The van der Waals surface area contributed by atoms with Gasteiger partial charge in [0.15, 0.2) is 0 Å². The second kappa shape index (κ2) is 10.2. The Balaban J connectivity index is 1.37. The number of carbonyl (C=O) groups excluding carboxylic acids is 2. The van der Waals surface area contributed by atoms with Crippen LogP contribution in [0.3, 0.4) is 0 Å². The number of hydrogen-bond acceptors (Lipinski definition) is 5. The van der Waals surface area contributed by atoms with Crippen LogP contribution < -0.4 is 15.4 Å². The van der Waals surface area contributed by atoms with Crippen molar-refractivity contribution in [3.63, 3.8) is 0 Å². The van der Waals surface area contributed by atoms with Gasteiger partial charge < -0.3 is 15.4 Å². The number of rotatable bonds is 7. The van der Waals surface area contributed by atoms with E-state index < -0.39 is 6.04 Å². The Morgan fingerprint density at radius 3 is 2.94 bits per heavy atom. The van der Waals surface area contributed by atoms with E-state index in [1.807, 2.05) is 19.1 Å². The van der Waals surface area contributed by atoms with Crippen molar-refractivity contribution in [2.45, 2.75) is 64.6 Å². The quantitative estimate of drug-likeness (QED) is 0.573. The second-order valence-electron chi connectivity index (χ2n) is 8.75. The molecule has 3 N–H and O–H groups in total. The van der Waals surface area contributed by atoms with Crippen LogP contribution in [0.25, 0.3) is 0 Å². The van der Waals surface area contributed by atoms with Crippen molar-refractivity contribution in [1.82, 2.24) is 25.7 Å². The first-order valence-electron chi connectivity index (χ1n) is 11.5. The van der Waals surface area contributed by atoms with E-state index in [-0.39, 0.29) is 18.2 Å². The van der Waals surface area contributed by atoms with Crippen LogP contribution >= 0.6 is 0 Å². The summed E-state index contributed by atoms with van der Waals surface area (Å²) in [6, 6.07) is 5.55. The first-order valence-corrected chi connectivity index (χ1v) is 11.5. The van der Waals surface area contributed by atoms with Gasteiger partial charge in [-0.1, -0.05) is 18.6 Å². The molecular formula is C24H33N5O3. The van der Waals surface area contributed by atoms with E-state index in [1.54, 1.807) is 7.11 Å². The van der Waals surface area contributed by atoms with Crippen molar-refractivity contribution in [3.05, 3.63) is 46.3 Å². The van der Waals surface area contributed by atoms with Gasteiger partial charge >= 0.3 is 0 Å². The fraction of sp³-hybridized carbons (Fsp3) is 0.542. The SMILES string of the molecule is COc1ccc(CN2CCNC(=O)[C@H]2CC(=O)NCc2n[nH]c3c2CCCCC3)cc1C. The summed E-state index contributed by atoms with van der Waals surface area (Å²) in [5.41, 5.74) is 5.55. The summed E-state index contributed by atoms with van der Waals surface area (Å²) < 4.78 is 5.34. The van der Waals surface area contributed by atoms with Gasteiger partial charge in [-0.15, -0.1) is 0 Å². The van der Waals surface area contributed by atoms with Gasteiger partial charge in [0.25, 0.3) is 0 Å². The van der Waals surface area contributed by atoms with Crippen molar-refractivity contribution >= 4 is 11.8 Å². The molecule has 8 heteroatoms. The number of methoxy groups -OCH3 is 1. The number of ether oxygens (including phenoxy) is 1. The third-order valence-electron chi connectivity index (χ3n) is 6.51. The maximum Gasteiger partial charge on any atom is 0.237 e. The average Bonchev–Trinajstić information content (AvgIpc) is 3.00. The third-order valence-corrected chi connectivity index (χ3v) is 6.51. The highest BCUT2D eigenvalue weighted by Crippen LogP contribution is 2.23. The van der Waals surface area contributed by atoms with Gasteiger partial charge in [-0.25, -0.2) is 0 Å². The number of piperazine rings is 1. The lowest BCUT2D eigenvalue weighted by atomic mass is 10.0. The molecule has 4 rings (SSSR count). The first-order chi connectivity index (χ1) is 15.5. The largest absolute Gasteiger partial charge is 0.496 e. The summed E-state index contributed by atoms with van der Waals surface area (Å²) >= 11 is 0. The lowest BCUT2D eigenvalue weighted by Crippen LogP contribution is -2.56. The van der Waals surface area contributed by atoms with Crippen molar-refractivity contribution in [2.24, 2.45) is 0 Å². The lowest BCUT2D eigenvalue weighted by molar-refractivity contribution is -0.134. The number of H-pyrrole nitrogens is 1. The Kier molecular flexibility index (Phi) is 7.09. The highest BCUT2D eigenvalue weighted by molar-refractivity contribution is 5.88. The van der Waals surface area contributed by atoms with E-state index in [0.29, 0.717) is 26.2 Å². The molecule has 8 nitrogen and oxygen atoms in total. The highest BCUT2D eigenvalue weighted by atomic mass is 16.5. The van der Waals surface area contributed by atoms with E-state index in [4.69, 9.17) is 4.74 Å². The van der Waals surface area contributed by atoms with Crippen LogP contribution in [0.4, 0.5) is 0 Å². The molecule has 2 heterocycles. The molecule has 1 fully saturated rings. The molecule has 0 radical (unpaired) electrons. The summed E-state index contributed by atoms with van der Waals surface area (Å²) in [6.07, 6.45) is 5.74. The molecule has 0 bridgehead atoms. The zero-order chi connectivity index (χ0) is 22.5. The van der Waals surface area contributed by atoms with E-state index in [0.717, 1.165) is 41.8 Å². The number of aryl methyl sites for hydroxylation is 2. The molecular weight excluding hydrogens is 406 g/mol. The zero-order valence-electron chi connectivity index (χ0n) is 19.0. The number of amides is 2. The fourth-order valence-electron chi connectivity index (χ4n) is 4.75. The zero-order valence-corrected chi connectivity index (χ0v) is 19.0. The Labute approximate surface area is 189 Å². The number of aromatic amines is 1. The second-order valence-corrected chi connectivity index (χ2v) is 8.75. The summed E-state index contributed by atoms with van der Waals surface area (Å²) in [4.78, 5) is 27.4. The number of carbonyl (C=O) groups is 2. The molecule has 172 valence electrons. The van der Waals surface area contributed by atoms with Crippen LogP contribution in [0.5, 0.6) is 5.75 Å². The molecule has 1 atom stereocenters. The molecule has 2 aromatic rings. The number of fused-ring (bicyclic) bond motifs is 1. The molecule has 1 saturated heterocycles. The van der Waals surface area contributed by atoms with Crippen LogP contribution in [0, 0.1) is 6.92 Å². The summed E-state index contributed by atoms with van der Waals surface area (Å²) in [7, 11) is 1.66. The Hall–Kier alpha value is -2.87. The van der Waals surface area contributed by atoms with Gasteiger partial charge in [-0.2, -0.15) is 5.10 Å². The van der Waals surface area contributed by atoms with Crippen molar-refractivity contribution in [2.75, 3.05) is 20.2 Å². The number of hydrogen-bond donors (Lipinski definition) is 3. The predicted molar refractivity (Wildman–Crippen MR) is 121 cm³/mol. The molecule has 1 aromatic heterocycles. The topological polar surface area (TPSA) is 99.3 Å². The molecule has 32 heavy (non-hydrogen) atoms. The summed E-state index contributed by atoms with van der Waals surface area (Å²) in [6.45, 7) is 4.32. The third kappa shape index (κ3) is 5.12. The molecule has 2 aliphatic rings. The minimum atomic E-state index is -0.484. The van der Waals surface area contributed by atoms with Crippen LogP contribution in [0.15, 0.2) is 18.2 Å². The summed E-state index contributed by atoms with van der Waals surface area (Å²) in [5, 5.41) is 13.5. The van der Waals surface area contributed by atoms with Crippen LogP contribution in [-0.2, 0) is 35.5 Å². The number of nitrogens with zero attached hydrogens (tertiary/aromatic N) is 2. The van der Waals surface area contributed by atoms with Gasteiger partial charge in [-0.05, 0) is 55.4 Å². The normalized spacial score (nSPS) is 19.1. The Morgan fingerprint density at radius 2 is 2.12 bits per heavy atom. The first kappa shape index (κ1) is 22.3. The van der Waals surface area contributed by atoms with Crippen molar-refractivity contribution in [1.29, 1.82) is 0 Å². The minimum absolute atomic E-state index is 0.0923. The maximum atomic E-state index is 12.8. The van der Waals surface area contributed by atoms with Crippen LogP contribution in [-0.4, -0.2) is 53.2 Å². The molecule has 1 aromatic carbocycles. The molecule has 0 saturated carbocycles. The standard InChI is InChI=1S/C24H33N5O3/c1-16-12-17(8-9-22(16)32-2)15-29-11-10-25-24(31)21(29)13-23(30)26-14-20-18-6-4-3-5-7-19(18)27-28-20/h8-9,12,21H,3-7,10-11,13-15H2,1-2H3,(H,25,31)(H,26,30)(H,27,28)/t21-/m1/s1. The van der Waals surface area contributed by atoms with Crippen molar-refractivity contribution in [3.8, 4) is 5.75 Å². The molecule has 1 aliphatic carbocycles. The van der Waals surface area contributed by atoms with Gasteiger partial charge in [-0.3, -0.25) is 19.6 Å². The summed E-state index contributed by atoms with van der Waals surface area (Å²) in [5.74, 6) is 0.621. The molecule has 2 amide bonds. The number of nitrogens with one attached hydrogen (secondary N) is 3. The molecule has 0 spiro atoms. The van der Waals surface area contributed by atoms with Crippen LogP contribution in [0.2, 0.25) is 0 Å². The van der Waals surface area contributed by atoms with Gasteiger partial charge in [0.2, 0.25) is 11.8 Å². The van der Waals surface area contributed by atoms with Gasteiger partial charge in [0.05, 0.1) is 31.8 Å². The van der Waals surface area contributed by atoms with Crippen LogP contribution in [0.1, 0.15) is 53.8 Å². The minimum Gasteiger partial charge on any atom is -0.496 e. The Morgan fingerprint density at radius 1 is 1.28 bits per heavy atom. The van der Waals surface area contributed by atoms with E-state index in [9.17, 15) is 9.59 Å². The smallest absolute Gasteiger partial charge is 0.237 e. The monoisotopic (exact) mass is 439 g/mol. The lowest BCUT2D eigenvalue weighted by Gasteiger charge is -2.34. The average molecular weight is 440 g/mol. The van der Waals surface area contributed by atoms with Gasteiger partial charge in [0.1, 0.15) is 5.75 Å². The number of aromatic nitrogens is 2. The number of benzene rings is 1. The predicted octanol–water partition coefficient (Wildman–Crippen LogP) is 2.00. The van der Waals surface area contributed by atoms with E-state index >= 15 is 0 Å². The Bertz CT molecular complexity index is 971. The van der Waals surface area contributed by atoms with E-state index in [2.05, 4.69) is 31.8 Å². The highest BCUT2D eigenvalue weighted by Gasteiger charge is 2.31.